The average molecular weight is 293 g/mol. The lowest BCUT2D eigenvalue weighted by molar-refractivity contribution is 0.439. The van der Waals surface area contributed by atoms with Gasteiger partial charge in [-0.05, 0) is 55.6 Å². The van der Waals surface area contributed by atoms with Gasteiger partial charge in [-0.25, -0.2) is 8.78 Å². The maximum absolute atomic E-state index is 13.3. The van der Waals surface area contributed by atoms with E-state index in [1.54, 1.807) is 12.3 Å². The first kappa shape index (κ1) is 15.7. The summed E-state index contributed by atoms with van der Waals surface area (Å²) in [7, 11) is 0. The van der Waals surface area contributed by atoms with Crippen molar-refractivity contribution in [3.8, 4) is 0 Å². The van der Waals surface area contributed by atoms with Crippen molar-refractivity contribution in [3.05, 3.63) is 59.6 Å². The first-order valence-electron chi connectivity index (χ1n) is 7.38. The molecule has 0 spiro atoms. The van der Waals surface area contributed by atoms with Crippen molar-refractivity contribution in [2.75, 3.05) is 6.54 Å². The molecule has 1 aromatic heterocycles. The number of aryl methyl sites for hydroxylation is 1. The molecule has 0 fully saturated rings. The Balaban J connectivity index is 1.95. The van der Waals surface area contributed by atoms with Gasteiger partial charge in [-0.1, -0.05) is 13.0 Å². The third-order valence-electron chi connectivity index (χ3n) is 3.47. The molecule has 0 radical (unpaired) electrons. The van der Waals surface area contributed by atoms with Gasteiger partial charge >= 0.3 is 0 Å². The van der Waals surface area contributed by atoms with Crippen LogP contribution in [0.3, 0.4) is 0 Å². The van der Waals surface area contributed by atoms with Crippen molar-refractivity contribution in [3.63, 3.8) is 0 Å². The maximum atomic E-state index is 13.3. The molecule has 0 aliphatic rings. The summed E-state index contributed by atoms with van der Waals surface area (Å²) in [4.78, 5) is 0. The lowest BCUT2D eigenvalue weighted by Crippen LogP contribution is -2.32. The number of hydrogen-bond acceptors (Lipinski definition) is 2. The van der Waals surface area contributed by atoms with Crippen molar-refractivity contribution < 1.29 is 13.2 Å². The normalized spacial score (nSPS) is 12.5. The number of rotatable bonds is 8. The van der Waals surface area contributed by atoms with Crippen LogP contribution in [0.15, 0.2) is 41.0 Å². The minimum Gasteiger partial charge on any atom is -0.469 e. The Labute approximate surface area is 124 Å². The fourth-order valence-electron chi connectivity index (χ4n) is 2.35. The summed E-state index contributed by atoms with van der Waals surface area (Å²) in [5, 5.41) is 3.46. The van der Waals surface area contributed by atoms with Crippen LogP contribution in [0.25, 0.3) is 0 Å². The highest BCUT2D eigenvalue weighted by Gasteiger charge is 2.12. The molecular weight excluding hydrogens is 272 g/mol. The molecule has 114 valence electrons. The Kier molecular flexibility index (Phi) is 5.93. The van der Waals surface area contributed by atoms with Crippen molar-refractivity contribution in [2.24, 2.45) is 0 Å². The molecule has 1 unspecified atom stereocenters. The van der Waals surface area contributed by atoms with Crippen molar-refractivity contribution in [1.29, 1.82) is 0 Å². The molecule has 0 saturated heterocycles. The summed E-state index contributed by atoms with van der Waals surface area (Å²) in [5.74, 6) is -0.635. The third kappa shape index (κ3) is 4.97. The van der Waals surface area contributed by atoms with E-state index in [9.17, 15) is 8.78 Å². The van der Waals surface area contributed by atoms with Crippen LogP contribution in [0.4, 0.5) is 8.78 Å². The highest BCUT2D eigenvalue weighted by Crippen LogP contribution is 2.14. The SMILES string of the molecule is CCCNC(CCc1ccco1)Cc1ccc(F)c(F)c1. The van der Waals surface area contributed by atoms with E-state index in [2.05, 4.69) is 12.2 Å². The zero-order chi connectivity index (χ0) is 15.1. The molecule has 0 aliphatic carbocycles. The van der Waals surface area contributed by atoms with Gasteiger partial charge in [0.1, 0.15) is 5.76 Å². The van der Waals surface area contributed by atoms with Gasteiger partial charge in [0.2, 0.25) is 0 Å². The van der Waals surface area contributed by atoms with E-state index in [1.165, 1.54) is 12.1 Å². The number of hydrogen-bond donors (Lipinski definition) is 1. The summed E-state index contributed by atoms with van der Waals surface area (Å²) in [6, 6.07) is 8.16. The average Bonchev–Trinajstić information content (AvgIpc) is 2.99. The van der Waals surface area contributed by atoms with Gasteiger partial charge in [-0.3, -0.25) is 0 Å². The molecule has 2 aromatic rings. The van der Waals surface area contributed by atoms with Gasteiger partial charge in [0.25, 0.3) is 0 Å². The molecule has 1 N–H and O–H groups in total. The Hall–Kier alpha value is -1.68. The Bertz CT molecular complexity index is 540. The number of halogens is 2. The predicted octanol–water partition coefficient (Wildman–Crippen LogP) is 4.10. The molecule has 4 heteroatoms. The van der Waals surface area contributed by atoms with Gasteiger partial charge in [0.15, 0.2) is 11.6 Å². The standard InChI is InChI=1S/C17H21F2NO/c1-2-9-20-14(6-7-15-4-3-10-21-15)11-13-5-8-16(18)17(19)12-13/h3-5,8,10,12,14,20H,2,6-7,9,11H2,1H3. The van der Waals surface area contributed by atoms with Crippen molar-refractivity contribution in [2.45, 2.75) is 38.6 Å². The Morgan fingerprint density at radius 3 is 2.71 bits per heavy atom. The van der Waals surface area contributed by atoms with E-state index in [-0.39, 0.29) is 6.04 Å². The highest BCUT2D eigenvalue weighted by atomic mass is 19.2. The van der Waals surface area contributed by atoms with Crippen LogP contribution in [-0.2, 0) is 12.8 Å². The minimum absolute atomic E-state index is 0.222. The van der Waals surface area contributed by atoms with Crippen LogP contribution in [0, 0.1) is 11.6 Å². The molecule has 1 atom stereocenters. The minimum atomic E-state index is -0.799. The van der Waals surface area contributed by atoms with Gasteiger partial charge in [-0.15, -0.1) is 0 Å². The van der Waals surface area contributed by atoms with Crippen molar-refractivity contribution >= 4 is 0 Å². The molecular formula is C17H21F2NO. The van der Waals surface area contributed by atoms with Gasteiger partial charge in [0, 0.05) is 12.5 Å². The van der Waals surface area contributed by atoms with Crippen molar-refractivity contribution in [1.82, 2.24) is 5.32 Å². The van der Waals surface area contributed by atoms with E-state index in [0.717, 1.165) is 37.1 Å². The molecule has 0 saturated carbocycles. The van der Waals surface area contributed by atoms with Crippen LogP contribution >= 0.6 is 0 Å². The predicted molar refractivity (Wildman–Crippen MR) is 79.2 cm³/mol. The summed E-state index contributed by atoms with van der Waals surface area (Å²) in [6.07, 6.45) is 5.11. The summed E-state index contributed by atoms with van der Waals surface area (Å²) in [6.45, 7) is 3.01. The van der Waals surface area contributed by atoms with Crippen LogP contribution in [-0.4, -0.2) is 12.6 Å². The maximum Gasteiger partial charge on any atom is 0.159 e. The molecule has 1 aromatic carbocycles. The molecule has 0 bridgehead atoms. The van der Waals surface area contributed by atoms with Crippen LogP contribution in [0.1, 0.15) is 31.1 Å². The first-order chi connectivity index (χ1) is 10.2. The van der Waals surface area contributed by atoms with Crippen LogP contribution in [0.5, 0.6) is 0 Å². The second-order valence-corrected chi connectivity index (χ2v) is 5.22. The number of nitrogens with one attached hydrogen (secondary N) is 1. The topological polar surface area (TPSA) is 25.2 Å². The van der Waals surface area contributed by atoms with Gasteiger partial charge in [0.05, 0.1) is 6.26 Å². The second-order valence-electron chi connectivity index (χ2n) is 5.22. The smallest absolute Gasteiger partial charge is 0.159 e. The third-order valence-corrected chi connectivity index (χ3v) is 3.47. The van der Waals surface area contributed by atoms with E-state index in [4.69, 9.17) is 4.42 Å². The van der Waals surface area contributed by atoms with Gasteiger partial charge < -0.3 is 9.73 Å². The lowest BCUT2D eigenvalue weighted by Gasteiger charge is -2.18. The van der Waals surface area contributed by atoms with Crippen LogP contribution in [0.2, 0.25) is 0 Å². The Morgan fingerprint density at radius 2 is 2.05 bits per heavy atom. The van der Waals surface area contributed by atoms with E-state index >= 15 is 0 Å². The largest absolute Gasteiger partial charge is 0.469 e. The molecule has 1 heterocycles. The second kappa shape index (κ2) is 7.93. The molecule has 2 rings (SSSR count). The summed E-state index contributed by atoms with van der Waals surface area (Å²) in [5.41, 5.74) is 0.807. The number of furan rings is 1. The molecule has 2 nitrogen and oxygen atoms in total. The number of benzene rings is 1. The first-order valence-corrected chi connectivity index (χ1v) is 7.38. The summed E-state index contributed by atoms with van der Waals surface area (Å²) < 4.78 is 31.6. The zero-order valence-electron chi connectivity index (χ0n) is 12.2. The van der Waals surface area contributed by atoms with E-state index < -0.39 is 11.6 Å². The van der Waals surface area contributed by atoms with E-state index in [1.807, 2.05) is 12.1 Å². The fourth-order valence-corrected chi connectivity index (χ4v) is 2.35. The van der Waals surface area contributed by atoms with E-state index in [0.29, 0.717) is 6.42 Å². The Morgan fingerprint density at radius 1 is 1.19 bits per heavy atom. The molecule has 0 aliphatic heterocycles. The summed E-state index contributed by atoms with van der Waals surface area (Å²) >= 11 is 0. The molecule has 21 heavy (non-hydrogen) atoms. The van der Waals surface area contributed by atoms with Gasteiger partial charge in [-0.2, -0.15) is 0 Å². The lowest BCUT2D eigenvalue weighted by atomic mass is 10.0. The monoisotopic (exact) mass is 293 g/mol. The quantitative estimate of drug-likeness (QED) is 0.792. The fraction of sp³-hybridized carbons (Fsp3) is 0.412. The van der Waals surface area contributed by atoms with Crippen LogP contribution < -0.4 is 5.32 Å². The highest BCUT2D eigenvalue weighted by molar-refractivity contribution is 5.19. The molecule has 0 amide bonds. The zero-order valence-corrected chi connectivity index (χ0v) is 12.2.